The summed E-state index contributed by atoms with van der Waals surface area (Å²) in [5.41, 5.74) is 1.26. The molecular formula is C21H27FN4O5S. The smallest absolute Gasteiger partial charge is 0.319 e. The zero-order valence-corrected chi connectivity index (χ0v) is 18.8. The van der Waals surface area contributed by atoms with Crippen LogP contribution in [0.2, 0.25) is 0 Å². The summed E-state index contributed by atoms with van der Waals surface area (Å²) in [4.78, 5) is 14.2. The minimum atomic E-state index is -3.53. The molecular weight excluding hydrogens is 439 g/mol. The molecule has 1 heterocycles. The van der Waals surface area contributed by atoms with E-state index in [4.69, 9.17) is 9.47 Å². The van der Waals surface area contributed by atoms with Gasteiger partial charge in [0.1, 0.15) is 5.82 Å². The summed E-state index contributed by atoms with van der Waals surface area (Å²) in [5, 5.41) is 5.19. The van der Waals surface area contributed by atoms with E-state index in [2.05, 4.69) is 10.6 Å². The number of piperazine rings is 1. The van der Waals surface area contributed by atoms with Crippen molar-refractivity contribution in [3.05, 3.63) is 48.3 Å². The number of amides is 2. The topological polar surface area (TPSA) is 100 Å². The maximum atomic E-state index is 13.1. The van der Waals surface area contributed by atoms with Crippen molar-refractivity contribution in [3.8, 4) is 11.5 Å². The maximum Gasteiger partial charge on any atom is 0.319 e. The third kappa shape index (κ3) is 5.80. The number of anilines is 2. The molecule has 0 aromatic heterocycles. The summed E-state index contributed by atoms with van der Waals surface area (Å²) in [5.74, 6) is 0.312. The fourth-order valence-electron chi connectivity index (χ4n) is 3.45. The third-order valence-corrected chi connectivity index (χ3v) is 6.99. The number of carbonyl (C=O) groups is 1. The monoisotopic (exact) mass is 466 g/mol. The molecule has 1 fully saturated rings. The highest BCUT2D eigenvalue weighted by Gasteiger charge is 2.27. The molecule has 174 valence electrons. The van der Waals surface area contributed by atoms with Gasteiger partial charge in [-0.15, -0.1) is 0 Å². The first-order valence-corrected chi connectivity index (χ1v) is 11.7. The Bertz CT molecular complexity index is 1020. The molecule has 1 saturated heterocycles. The highest BCUT2D eigenvalue weighted by Crippen LogP contribution is 2.34. The zero-order valence-electron chi connectivity index (χ0n) is 18.0. The molecule has 32 heavy (non-hydrogen) atoms. The largest absolute Gasteiger partial charge is 0.493 e. The Balaban J connectivity index is 1.47. The van der Waals surface area contributed by atoms with Crippen LogP contribution < -0.4 is 25.0 Å². The van der Waals surface area contributed by atoms with Crippen LogP contribution in [0.3, 0.4) is 0 Å². The first-order chi connectivity index (χ1) is 15.3. The number of nitrogens with one attached hydrogen (secondary N) is 2. The van der Waals surface area contributed by atoms with Gasteiger partial charge in [0.05, 0.1) is 25.7 Å². The number of hydrogen-bond acceptors (Lipinski definition) is 6. The van der Waals surface area contributed by atoms with Crippen molar-refractivity contribution < 1.29 is 27.1 Å². The van der Waals surface area contributed by atoms with Gasteiger partial charge in [-0.2, -0.15) is 4.31 Å². The van der Waals surface area contributed by atoms with Crippen LogP contribution in [0.4, 0.5) is 20.6 Å². The number of benzene rings is 2. The van der Waals surface area contributed by atoms with Crippen molar-refractivity contribution in [2.45, 2.75) is 0 Å². The molecule has 3 rings (SSSR count). The highest BCUT2D eigenvalue weighted by atomic mass is 32.2. The Morgan fingerprint density at radius 2 is 1.72 bits per heavy atom. The van der Waals surface area contributed by atoms with Crippen LogP contribution in [0, 0.1) is 5.82 Å². The summed E-state index contributed by atoms with van der Waals surface area (Å²) < 4.78 is 50.2. The molecule has 0 spiro atoms. The Morgan fingerprint density at radius 1 is 1.03 bits per heavy atom. The van der Waals surface area contributed by atoms with E-state index in [0.29, 0.717) is 43.4 Å². The SMILES string of the molecule is COc1cccc(NC(=O)NCCS(=O)(=O)N2CCN(c3ccc(F)cc3)CC2)c1OC. The first-order valence-electron chi connectivity index (χ1n) is 10.1. The number of halogens is 1. The summed E-state index contributed by atoms with van der Waals surface area (Å²) >= 11 is 0. The number of urea groups is 1. The average molecular weight is 467 g/mol. The lowest BCUT2D eigenvalue weighted by molar-refractivity contribution is 0.252. The predicted octanol–water partition coefficient (Wildman–Crippen LogP) is 2.12. The molecule has 2 N–H and O–H groups in total. The summed E-state index contributed by atoms with van der Waals surface area (Å²) in [6.07, 6.45) is 0. The lowest BCUT2D eigenvalue weighted by Gasteiger charge is -2.35. The lowest BCUT2D eigenvalue weighted by atomic mass is 10.2. The van der Waals surface area contributed by atoms with E-state index in [0.717, 1.165) is 5.69 Å². The van der Waals surface area contributed by atoms with Gasteiger partial charge in [0, 0.05) is 38.4 Å². The highest BCUT2D eigenvalue weighted by molar-refractivity contribution is 7.89. The van der Waals surface area contributed by atoms with E-state index < -0.39 is 16.1 Å². The van der Waals surface area contributed by atoms with E-state index in [1.807, 2.05) is 4.90 Å². The molecule has 0 saturated carbocycles. The average Bonchev–Trinajstić information content (AvgIpc) is 2.79. The van der Waals surface area contributed by atoms with Gasteiger partial charge >= 0.3 is 6.03 Å². The van der Waals surface area contributed by atoms with E-state index in [1.165, 1.54) is 30.7 Å². The van der Waals surface area contributed by atoms with E-state index in [9.17, 15) is 17.6 Å². The van der Waals surface area contributed by atoms with Crippen LogP contribution >= 0.6 is 0 Å². The Hall–Kier alpha value is -3.05. The van der Waals surface area contributed by atoms with Crippen molar-refractivity contribution >= 4 is 27.4 Å². The van der Waals surface area contributed by atoms with Crippen molar-refractivity contribution in [2.24, 2.45) is 0 Å². The molecule has 1 aliphatic heterocycles. The van der Waals surface area contributed by atoms with Gasteiger partial charge in [0.2, 0.25) is 10.0 Å². The molecule has 0 atom stereocenters. The molecule has 2 aromatic rings. The number of rotatable bonds is 8. The molecule has 1 aliphatic rings. The van der Waals surface area contributed by atoms with Crippen molar-refractivity contribution in [1.82, 2.24) is 9.62 Å². The van der Waals surface area contributed by atoms with Gasteiger partial charge < -0.3 is 25.0 Å². The number of nitrogens with zero attached hydrogens (tertiary/aromatic N) is 2. The minimum Gasteiger partial charge on any atom is -0.493 e. The van der Waals surface area contributed by atoms with Gasteiger partial charge in [-0.1, -0.05) is 6.07 Å². The Labute approximate surface area is 187 Å². The second-order valence-electron chi connectivity index (χ2n) is 7.10. The number of para-hydroxylation sites is 1. The standard InChI is InChI=1S/C21H27FN4O5S/c1-30-19-5-3-4-18(20(19)31-2)24-21(27)23-10-15-32(28,29)26-13-11-25(12-14-26)17-8-6-16(22)7-9-17/h3-9H,10-15H2,1-2H3,(H2,23,24,27). The molecule has 9 nitrogen and oxygen atoms in total. The Kier molecular flexibility index (Phi) is 7.75. The van der Waals surface area contributed by atoms with Gasteiger partial charge in [-0.25, -0.2) is 17.6 Å². The predicted molar refractivity (Wildman–Crippen MR) is 121 cm³/mol. The van der Waals surface area contributed by atoms with E-state index in [-0.39, 0.29) is 18.1 Å². The fraction of sp³-hybridized carbons (Fsp3) is 0.381. The van der Waals surface area contributed by atoms with Crippen LogP contribution in [-0.2, 0) is 10.0 Å². The van der Waals surface area contributed by atoms with Crippen LogP contribution in [0.1, 0.15) is 0 Å². The number of methoxy groups -OCH3 is 2. The van der Waals surface area contributed by atoms with Crippen LogP contribution in [0.15, 0.2) is 42.5 Å². The maximum absolute atomic E-state index is 13.1. The number of carbonyl (C=O) groups excluding carboxylic acids is 1. The second kappa shape index (κ2) is 10.5. The molecule has 11 heteroatoms. The van der Waals surface area contributed by atoms with Crippen LogP contribution in [0.25, 0.3) is 0 Å². The summed E-state index contributed by atoms with van der Waals surface area (Å²) in [6.45, 7) is 1.63. The first kappa shape index (κ1) is 23.6. The quantitative estimate of drug-likeness (QED) is 0.618. The van der Waals surface area contributed by atoms with Crippen LogP contribution in [-0.4, -0.2) is 71.5 Å². The molecule has 0 radical (unpaired) electrons. The van der Waals surface area contributed by atoms with Crippen LogP contribution in [0.5, 0.6) is 11.5 Å². The number of sulfonamides is 1. The molecule has 0 aliphatic carbocycles. The van der Waals surface area contributed by atoms with Crippen molar-refractivity contribution in [2.75, 3.05) is 62.9 Å². The van der Waals surface area contributed by atoms with E-state index in [1.54, 1.807) is 30.3 Å². The van der Waals surface area contributed by atoms with Gasteiger partial charge in [0.25, 0.3) is 0 Å². The molecule has 2 aromatic carbocycles. The van der Waals surface area contributed by atoms with Crippen molar-refractivity contribution in [1.29, 1.82) is 0 Å². The lowest BCUT2D eigenvalue weighted by Crippen LogP contribution is -2.50. The van der Waals surface area contributed by atoms with Gasteiger partial charge in [-0.3, -0.25) is 0 Å². The van der Waals surface area contributed by atoms with Gasteiger partial charge in [-0.05, 0) is 36.4 Å². The third-order valence-electron chi connectivity index (χ3n) is 5.12. The normalized spacial score (nSPS) is 14.7. The summed E-state index contributed by atoms with van der Waals surface area (Å²) in [6, 6.07) is 10.6. The number of ether oxygens (including phenoxy) is 2. The summed E-state index contributed by atoms with van der Waals surface area (Å²) in [7, 11) is -0.574. The zero-order chi connectivity index (χ0) is 23.1. The second-order valence-corrected chi connectivity index (χ2v) is 9.19. The molecule has 0 bridgehead atoms. The molecule has 2 amide bonds. The van der Waals surface area contributed by atoms with Crippen molar-refractivity contribution in [3.63, 3.8) is 0 Å². The number of hydrogen-bond donors (Lipinski definition) is 2. The molecule has 0 unspecified atom stereocenters. The van der Waals surface area contributed by atoms with E-state index >= 15 is 0 Å². The minimum absolute atomic E-state index is 0.0430. The fourth-order valence-corrected chi connectivity index (χ4v) is 4.79. The Morgan fingerprint density at radius 3 is 2.34 bits per heavy atom. The van der Waals surface area contributed by atoms with Gasteiger partial charge in [0.15, 0.2) is 11.5 Å².